The lowest BCUT2D eigenvalue weighted by atomic mass is 9.83. The number of pyridine rings is 1. The van der Waals surface area contributed by atoms with Crippen molar-refractivity contribution in [3.05, 3.63) is 24.4 Å². The lowest BCUT2D eigenvalue weighted by Gasteiger charge is -2.53. The van der Waals surface area contributed by atoms with E-state index in [2.05, 4.69) is 4.98 Å². The third-order valence-electron chi connectivity index (χ3n) is 5.21. The van der Waals surface area contributed by atoms with E-state index in [1.54, 1.807) is 6.20 Å². The van der Waals surface area contributed by atoms with Gasteiger partial charge in [0, 0.05) is 31.0 Å². The fourth-order valence-electron chi connectivity index (χ4n) is 3.90. The Labute approximate surface area is 147 Å². The molecule has 0 unspecified atom stereocenters. The van der Waals surface area contributed by atoms with Crippen LogP contribution < -0.4 is 4.74 Å². The summed E-state index contributed by atoms with van der Waals surface area (Å²) in [6, 6.07) is 5.71. The molecule has 3 aliphatic heterocycles. The normalized spacial score (nSPS) is 26.8. The zero-order valence-electron chi connectivity index (χ0n) is 13.9. The van der Waals surface area contributed by atoms with Crippen molar-refractivity contribution in [2.24, 2.45) is 5.92 Å². The monoisotopic (exact) mass is 348 g/mol. The second-order valence-electron chi connectivity index (χ2n) is 7.01. The zero-order valence-corrected chi connectivity index (χ0v) is 14.7. The third-order valence-corrected chi connectivity index (χ3v) is 6.26. The molecule has 3 aliphatic rings. The number of nitrogens with zero attached hydrogens (tertiary/aromatic N) is 2. The lowest BCUT2D eigenvalue weighted by Crippen LogP contribution is -2.68. The van der Waals surface area contributed by atoms with Crippen LogP contribution in [0.3, 0.4) is 0 Å². The molecule has 0 saturated carbocycles. The fourth-order valence-corrected chi connectivity index (χ4v) is 5.01. The topological polar surface area (TPSA) is 51.7 Å². The van der Waals surface area contributed by atoms with Crippen molar-refractivity contribution in [2.75, 3.05) is 31.2 Å². The van der Waals surface area contributed by atoms with Crippen LogP contribution in [0.5, 0.6) is 5.88 Å². The second kappa shape index (κ2) is 6.92. The van der Waals surface area contributed by atoms with Gasteiger partial charge in [-0.2, -0.15) is 11.8 Å². The van der Waals surface area contributed by atoms with E-state index in [1.165, 1.54) is 0 Å². The van der Waals surface area contributed by atoms with Crippen molar-refractivity contribution < 1.29 is 14.3 Å². The Balaban J connectivity index is 1.31. The van der Waals surface area contributed by atoms with Crippen LogP contribution in [0.4, 0.5) is 0 Å². The standard InChI is InChI=1S/C18H24N2O3S/c21-17(14-5-9-24-10-6-14)20-12-18(13-20)11-15(4-8-22-18)23-16-3-1-2-7-19-16/h1-3,7,14-15H,4-6,8-13H2/t15-/m1/s1. The summed E-state index contributed by atoms with van der Waals surface area (Å²) in [6.45, 7) is 2.13. The molecule has 1 spiro atoms. The predicted octanol–water partition coefficient (Wildman–Crippen LogP) is 2.36. The first kappa shape index (κ1) is 16.2. The molecule has 4 heterocycles. The lowest BCUT2D eigenvalue weighted by molar-refractivity contribution is -0.195. The Morgan fingerprint density at radius 3 is 2.88 bits per heavy atom. The van der Waals surface area contributed by atoms with Crippen molar-refractivity contribution in [1.29, 1.82) is 0 Å². The van der Waals surface area contributed by atoms with E-state index in [0.717, 1.165) is 50.3 Å². The molecule has 0 radical (unpaired) electrons. The summed E-state index contributed by atoms with van der Waals surface area (Å²) in [6.07, 6.45) is 5.65. The average Bonchev–Trinajstić information content (AvgIpc) is 2.61. The number of thioether (sulfide) groups is 1. The Morgan fingerprint density at radius 1 is 1.29 bits per heavy atom. The van der Waals surface area contributed by atoms with Gasteiger partial charge in [0.15, 0.2) is 0 Å². The van der Waals surface area contributed by atoms with Gasteiger partial charge < -0.3 is 14.4 Å². The quantitative estimate of drug-likeness (QED) is 0.839. The largest absolute Gasteiger partial charge is 0.474 e. The number of ether oxygens (including phenoxy) is 2. The molecule has 3 fully saturated rings. The van der Waals surface area contributed by atoms with Gasteiger partial charge in [0.2, 0.25) is 11.8 Å². The van der Waals surface area contributed by atoms with Crippen LogP contribution in [-0.2, 0) is 9.53 Å². The van der Waals surface area contributed by atoms with E-state index in [9.17, 15) is 4.79 Å². The van der Waals surface area contributed by atoms with E-state index in [1.807, 2.05) is 34.9 Å². The SMILES string of the molecule is O=C(C1CCSCC1)N1CC2(C[C@H](Oc3ccccn3)CCO2)C1. The molecule has 130 valence electrons. The van der Waals surface area contributed by atoms with Gasteiger partial charge in [0.25, 0.3) is 0 Å². The first-order chi connectivity index (χ1) is 11.7. The number of hydrogen-bond donors (Lipinski definition) is 0. The van der Waals surface area contributed by atoms with Crippen LogP contribution in [0.2, 0.25) is 0 Å². The number of aromatic nitrogens is 1. The van der Waals surface area contributed by atoms with Crippen molar-refractivity contribution >= 4 is 17.7 Å². The summed E-state index contributed by atoms with van der Waals surface area (Å²) in [5, 5.41) is 0. The van der Waals surface area contributed by atoms with E-state index in [0.29, 0.717) is 18.4 Å². The van der Waals surface area contributed by atoms with Gasteiger partial charge in [-0.25, -0.2) is 4.98 Å². The molecule has 3 saturated heterocycles. The first-order valence-electron chi connectivity index (χ1n) is 8.82. The zero-order chi connectivity index (χ0) is 16.4. The van der Waals surface area contributed by atoms with Gasteiger partial charge in [-0.15, -0.1) is 0 Å². The molecule has 1 aromatic heterocycles. The number of amides is 1. The summed E-state index contributed by atoms with van der Waals surface area (Å²) < 4.78 is 12.0. The molecule has 0 aromatic carbocycles. The molecule has 1 aromatic rings. The molecule has 24 heavy (non-hydrogen) atoms. The fraction of sp³-hybridized carbons (Fsp3) is 0.667. The smallest absolute Gasteiger partial charge is 0.225 e. The summed E-state index contributed by atoms with van der Waals surface area (Å²) in [7, 11) is 0. The maximum absolute atomic E-state index is 12.6. The highest BCUT2D eigenvalue weighted by molar-refractivity contribution is 7.99. The average molecular weight is 348 g/mol. The molecular weight excluding hydrogens is 324 g/mol. The molecule has 4 rings (SSSR count). The Kier molecular flexibility index (Phi) is 4.68. The number of carbonyl (C=O) groups excluding carboxylic acids is 1. The predicted molar refractivity (Wildman–Crippen MR) is 93.2 cm³/mol. The third kappa shape index (κ3) is 3.40. The van der Waals surface area contributed by atoms with Crippen LogP contribution in [-0.4, -0.2) is 58.7 Å². The van der Waals surface area contributed by atoms with Gasteiger partial charge in [0.05, 0.1) is 19.7 Å². The minimum absolute atomic E-state index is 0.122. The van der Waals surface area contributed by atoms with Gasteiger partial charge in [-0.1, -0.05) is 6.07 Å². The summed E-state index contributed by atoms with van der Waals surface area (Å²) in [5.74, 6) is 3.47. The minimum atomic E-state index is -0.198. The second-order valence-corrected chi connectivity index (χ2v) is 8.24. The summed E-state index contributed by atoms with van der Waals surface area (Å²) in [5.41, 5.74) is -0.198. The Bertz CT molecular complexity index is 571. The van der Waals surface area contributed by atoms with Crippen LogP contribution in [0.1, 0.15) is 25.7 Å². The van der Waals surface area contributed by atoms with E-state index in [4.69, 9.17) is 9.47 Å². The molecule has 0 N–H and O–H groups in total. The molecule has 0 aliphatic carbocycles. The summed E-state index contributed by atoms with van der Waals surface area (Å²) >= 11 is 1.96. The molecule has 1 atom stereocenters. The van der Waals surface area contributed by atoms with Gasteiger partial charge in [0.1, 0.15) is 11.7 Å². The van der Waals surface area contributed by atoms with Crippen LogP contribution in [0.15, 0.2) is 24.4 Å². The van der Waals surface area contributed by atoms with Crippen molar-refractivity contribution in [3.63, 3.8) is 0 Å². The molecule has 6 heteroatoms. The number of likely N-dealkylation sites (tertiary alicyclic amines) is 1. The van der Waals surface area contributed by atoms with Gasteiger partial charge in [-0.3, -0.25) is 4.79 Å². The van der Waals surface area contributed by atoms with E-state index >= 15 is 0 Å². The first-order valence-corrected chi connectivity index (χ1v) is 9.98. The maximum Gasteiger partial charge on any atom is 0.225 e. The summed E-state index contributed by atoms with van der Waals surface area (Å²) in [4.78, 5) is 18.8. The highest BCUT2D eigenvalue weighted by atomic mass is 32.2. The number of hydrogen-bond acceptors (Lipinski definition) is 5. The Hall–Kier alpha value is -1.27. The van der Waals surface area contributed by atoms with Crippen LogP contribution in [0, 0.1) is 5.92 Å². The van der Waals surface area contributed by atoms with Gasteiger partial charge in [-0.05, 0) is 30.4 Å². The van der Waals surface area contributed by atoms with E-state index < -0.39 is 0 Å². The van der Waals surface area contributed by atoms with Crippen LogP contribution in [0.25, 0.3) is 0 Å². The Morgan fingerprint density at radius 2 is 2.12 bits per heavy atom. The van der Waals surface area contributed by atoms with Crippen molar-refractivity contribution in [2.45, 2.75) is 37.4 Å². The van der Waals surface area contributed by atoms with Crippen LogP contribution >= 0.6 is 11.8 Å². The minimum Gasteiger partial charge on any atom is -0.474 e. The maximum atomic E-state index is 12.6. The number of carbonyl (C=O) groups is 1. The van der Waals surface area contributed by atoms with Crippen molar-refractivity contribution in [1.82, 2.24) is 9.88 Å². The number of rotatable bonds is 3. The van der Waals surface area contributed by atoms with Crippen molar-refractivity contribution in [3.8, 4) is 5.88 Å². The molecular formula is C18H24N2O3S. The highest BCUT2D eigenvalue weighted by Crippen LogP contribution is 2.37. The molecule has 5 nitrogen and oxygen atoms in total. The highest BCUT2D eigenvalue weighted by Gasteiger charge is 2.50. The molecule has 0 bridgehead atoms. The van der Waals surface area contributed by atoms with Gasteiger partial charge >= 0.3 is 0 Å². The molecule has 1 amide bonds. The van der Waals surface area contributed by atoms with E-state index in [-0.39, 0.29) is 17.6 Å².